The fourth-order valence-electron chi connectivity index (χ4n) is 4.05. The van der Waals surface area contributed by atoms with Crippen molar-refractivity contribution in [2.24, 2.45) is 7.05 Å². The quantitative estimate of drug-likeness (QED) is 0.656. The van der Waals surface area contributed by atoms with Crippen LogP contribution in [-0.4, -0.2) is 51.7 Å². The van der Waals surface area contributed by atoms with Crippen molar-refractivity contribution in [1.82, 2.24) is 19.6 Å². The average Bonchev–Trinajstić information content (AvgIpc) is 3.08. The van der Waals surface area contributed by atoms with Crippen molar-refractivity contribution >= 4 is 17.5 Å². The molecule has 1 unspecified atom stereocenters. The van der Waals surface area contributed by atoms with Gasteiger partial charge in [0.2, 0.25) is 0 Å². The Morgan fingerprint density at radius 2 is 1.59 bits per heavy atom. The van der Waals surface area contributed by atoms with Crippen molar-refractivity contribution in [3.8, 4) is 0 Å². The third-order valence-corrected chi connectivity index (χ3v) is 5.74. The monoisotopic (exact) mass is 408 g/mol. The number of benzene rings is 2. The van der Waals surface area contributed by atoms with Crippen molar-refractivity contribution in [2.45, 2.75) is 13.0 Å². The van der Waals surface area contributed by atoms with Crippen LogP contribution in [0.5, 0.6) is 0 Å². The van der Waals surface area contributed by atoms with Crippen molar-refractivity contribution in [1.29, 1.82) is 0 Å². The molecule has 2 aromatic carbocycles. The molecule has 1 atom stereocenters. The lowest BCUT2D eigenvalue weighted by atomic mass is 9.96. The van der Waals surface area contributed by atoms with Gasteiger partial charge < -0.3 is 4.90 Å². The molecule has 1 aromatic heterocycles. The van der Waals surface area contributed by atoms with Gasteiger partial charge in [0.25, 0.3) is 5.91 Å². The van der Waals surface area contributed by atoms with Gasteiger partial charge in [-0.05, 0) is 36.2 Å². The van der Waals surface area contributed by atoms with Gasteiger partial charge in [0.15, 0.2) is 0 Å². The van der Waals surface area contributed by atoms with Crippen LogP contribution in [0.3, 0.4) is 0 Å². The standard InChI is InChI=1S/C23H25ClN4O/c1-17-16-21(26(2)25-17)23(29)28-14-12-27(13-15-28)22(18-6-4-3-5-7-18)19-8-10-20(24)11-9-19/h3-11,16,22H,12-15H2,1-2H3. The summed E-state index contributed by atoms with van der Waals surface area (Å²) in [6, 6.07) is 20.6. The third kappa shape index (κ3) is 4.21. The fourth-order valence-corrected chi connectivity index (χ4v) is 4.18. The number of carbonyl (C=O) groups excluding carboxylic acids is 1. The van der Waals surface area contributed by atoms with E-state index in [1.165, 1.54) is 11.1 Å². The molecule has 150 valence electrons. The Balaban J connectivity index is 1.53. The SMILES string of the molecule is Cc1cc(C(=O)N2CCN(C(c3ccccc3)c3ccc(Cl)cc3)CC2)n(C)n1. The van der Waals surface area contributed by atoms with E-state index in [-0.39, 0.29) is 11.9 Å². The number of nitrogens with zero attached hydrogens (tertiary/aromatic N) is 4. The lowest BCUT2D eigenvalue weighted by Crippen LogP contribution is -2.50. The Bertz CT molecular complexity index is 976. The summed E-state index contributed by atoms with van der Waals surface area (Å²) in [6.07, 6.45) is 0. The molecule has 0 aliphatic carbocycles. The number of aromatic nitrogens is 2. The van der Waals surface area contributed by atoms with E-state index in [1.807, 2.05) is 43.1 Å². The minimum absolute atomic E-state index is 0.0514. The molecule has 1 amide bonds. The predicted octanol–water partition coefficient (Wildman–Crippen LogP) is 3.93. The Hall–Kier alpha value is -2.63. The van der Waals surface area contributed by atoms with Crippen LogP contribution in [0, 0.1) is 6.92 Å². The number of halogens is 1. The van der Waals surface area contributed by atoms with Gasteiger partial charge in [0, 0.05) is 38.2 Å². The molecule has 1 saturated heterocycles. The van der Waals surface area contributed by atoms with Crippen LogP contribution >= 0.6 is 11.6 Å². The molecule has 4 rings (SSSR count). The zero-order chi connectivity index (χ0) is 20.4. The van der Waals surface area contributed by atoms with Crippen molar-refractivity contribution in [3.05, 3.63) is 88.2 Å². The van der Waals surface area contributed by atoms with Crippen molar-refractivity contribution in [2.75, 3.05) is 26.2 Å². The van der Waals surface area contributed by atoms with E-state index in [1.54, 1.807) is 4.68 Å². The van der Waals surface area contributed by atoms with Gasteiger partial charge in [-0.1, -0.05) is 54.1 Å². The summed E-state index contributed by atoms with van der Waals surface area (Å²) in [5.41, 5.74) is 3.97. The minimum atomic E-state index is 0.0514. The molecule has 1 aliphatic heterocycles. The molecule has 6 heteroatoms. The van der Waals surface area contributed by atoms with Gasteiger partial charge in [-0.2, -0.15) is 5.10 Å². The van der Waals surface area contributed by atoms with Gasteiger partial charge in [0.1, 0.15) is 5.69 Å². The molecule has 0 bridgehead atoms. The smallest absolute Gasteiger partial charge is 0.272 e. The largest absolute Gasteiger partial charge is 0.335 e. The molecule has 0 spiro atoms. The number of rotatable bonds is 4. The van der Waals surface area contributed by atoms with Crippen LogP contribution in [0.15, 0.2) is 60.7 Å². The Morgan fingerprint density at radius 3 is 2.17 bits per heavy atom. The number of amides is 1. The van der Waals surface area contributed by atoms with E-state index in [0.717, 1.165) is 23.8 Å². The highest BCUT2D eigenvalue weighted by atomic mass is 35.5. The maximum absolute atomic E-state index is 12.9. The molecule has 2 heterocycles. The maximum atomic E-state index is 12.9. The Morgan fingerprint density at radius 1 is 0.966 bits per heavy atom. The molecule has 0 N–H and O–H groups in total. The van der Waals surface area contributed by atoms with Gasteiger partial charge >= 0.3 is 0 Å². The van der Waals surface area contributed by atoms with E-state index in [9.17, 15) is 4.79 Å². The fraction of sp³-hybridized carbons (Fsp3) is 0.304. The molecular formula is C23H25ClN4O. The van der Waals surface area contributed by atoms with Crippen LogP contribution < -0.4 is 0 Å². The number of hydrogen-bond acceptors (Lipinski definition) is 3. The van der Waals surface area contributed by atoms with Crippen LogP contribution in [0.25, 0.3) is 0 Å². The lowest BCUT2D eigenvalue weighted by Gasteiger charge is -2.39. The van der Waals surface area contributed by atoms with Crippen LogP contribution in [0.2, 0.25) is 5.02 Å². The normalized spacial score (nSPS) is 16.0. The number of piperazine rings is 1. The second-order valence-electron chi connectivity index (χ2n) is 7.49. The molecule has 0 radical (unpaired) electrons. The minimum Gasteiger partial charge on any atom is -0.335 e. The highest BCUT2D eigenvalue weighted by Gasteiger charge is 2.29. The maximum Gasteiger partial charge on any atom is 0.272 e. The van der Waals surface area contributed by atoms with E-state index >= 15 is 0 Å². The van der Waals surface area contributed by atoms with Crippen molar-refractivity contribution < 1.29 is 4.79 Å². The van der Waals surface area contributed by atoms with Gasteiger partial charge in [-0.25, -0.2) is 0 Å². The first-order valence-electron chi connectivity index (χ1n) is 9.87. The number of aryl methyl sites for hydroxylation is 2. The average molecular weight is 409 g/mol. The summed E-state index contributed by atoms with van der Waals surface area (Å²) in [4.78, 5) is 17.3. The van der Waals surface area contributed by atoms with E-state index in [4.69, 9.17) is 11.6 Å². The van der Waals surface area contributed by atoms with E-state index < -0.39 is 0 Å². The van der Waals surface area contributed by atoms with Crippen LogP contribution in [-0.2, 0) is 7.05 Å². The molecule has 3 aromatic rings. The second kappa shape index (κ2) is 8.39. The third-order valence-electron chi connectivity index (χ3n) is 5.49. The van der Waals surface area contributed by atoms with E-state index in [2.05, 4.69) is 46.4 Å². The molecule has 0 saturated carbocycles. The molecule has 5 nitrogen and oxygen atoms in total. The number of carbonyl (C=O) groups is 1. The lowest BCUT2D eigenvalue weighted by molar-refractivity contribution is 0.0587. The van der Waals surface area contributed by atoms with Crippen LogP contribution in [0.1, 0.15) is 33.4 Å². The highest BCUT2D eigenvalue weighted by molar-refractivity contribution is 6.30. The summed E-state index contributed by atoms with van der Waals surface area (Å²) in [5, 5.41) is 5.04. The Kier molecular flexibility index (Phi) is 5.69. The highest BCUT2D eigenvalue weighted by Crippen LogP contribution is 2.30. The van der Waals surface area contributed by atoms with Gasteiger partial charge in [-0.15, -0.1) is 0 Å². The summed E-state index contributed by atoms with van der Waals surface area (Å²) in [5.74, 6) is 0.0514. The molecule has 1 fully saturated rings. The summed E-state index contributed by atoms with van der Waals surface area (Å²) in [7, 11) is 1.82. The summed E-state index contributed by atoms with van der Waals surface area (Å²) < 4.78 is 1.67. The number of hydrogen-bond donors (Lipinski definition) is 0. The predicted molar refractivity (Wildman–Crippen MR) is 115 cm³/mol. The second-order valence-corrected chi connectivity index (χ2v) is 7.92. The first kappa shape index (κ1) is 19.7. The first-order valence-corrected chi connectivity index (χ1v) is 10.2. The topological polar surface area (TPSA) is 41.4 Å². The molecular weight excluding hydrogens is 384 g/mol. The first-order chi connectivity index (χ1) is 14.0. The summed E-state index contributed by atoms with van der Waals surface area (Å²) >= 11 is 6.11. The Labute approximate surface area is 176 Å². The van der Waals surface area contributed by atoms with Gasteiger partial charge in [-0.3, -0.25) is 14.4 Å². The molecule has 29 heavy (non-hydrogen) atoms. The molecule has 1 aliphatic rings. The zero-order valence-electron chi connectivity index (χ0n) is 16.8. The zero-order valence-corrected chi connectivity index (χ0v) is 17.5. The van der Waals surface area contributed by atoms with Gasteiger partial charge in [0.05, 0.1) is 11.7 Å². The van der Waals surface area contributed by atoms with Crippen LogP contribution in [0.4, 0.5) is 0 Å². The van der Waals surface area contributed by atoms with Crippen molar-refractivity contribution in [3.63, 3.8) is 0 Å². The van der Waals surface area contributed by atoms with E-state index in [0.29, 0.717) is 18.8 Å². The summed E-state index contributed by atoms with van der Waals surface area (Å²) in [6.45, 7) is 4.92.